The predicted octanol–water partition coefficient (Wildman–Crippen LogP) is 4.16. The predicted molar refractivity (Wildman–Crippen MR) is 125 cm³/mol. The second-order valence-electron chi connectivity index (χ2n) is 7.48. The molecule has 0 atom stereocenters. The average molecular weight is 473 g/mol. The van der Waals surface area contributed by atoms with Gasteiger partial charge in [0.2, 0.25) is 10.0 Å². The molecule has 2 amide bonds. The number of aryl methyl sites for hydroxylation is 1. The highest BCUT2D eigenvalue weighted by Gasteiger charge is 2.30. The molecule has 4 rings (SSSR count). The van der Waals surface area contributed by atoms with E-state index in [1.807, 2.05) is 32.0 Å². The van der Waals surface area contributed by atoms with E-state index in [0.717, 1.165) is 27.4 Å². The van der Waals surface area contributed by atoms with Crippen LogP contribution in [0.1, 0.15) is 21.7 Å². The number of sulfonamides is 1. The number of rotatable bonds is 5. The van der Waals surface area contributed by atoms with Crippen molar-refractivity contribution in [1.29, 1.82) is 0 Å². The molecule has 0 saturated heterocycles. The van der Waals surface area contributed by atoms with Crippen LogP contribution in [-0.4, -0.2) is 37.4 Å². The van der Waals surface area contributed by atoms with E-state index in [4.69, 9.17) is 4.74 Å². The number of fused-ring (bicyclic) bond motifs is 1. The molecule has 0 saturated carbocycles. The van der Waals surface area contributed by atoms with Gasteiger partial charge in [-0.2, -0.15) is 4.31 Å². The number of anilines is 2. The van der Waals surface area contributed by atoms with Gasteiger partial charge in [-0.05, 0) is 55.3 Å². The third-order valence-electron chi connectivity index (χ3n) is 5.47. The van der Waals surface area contributed by atoms with E-state index < -0.39 is 10.0 Å². The minimum atomic E-state index is -3.64. The van der Waals surface area contributed by atoms with Crippen LogP contribution >= 0.6 is 11.3 Å². The lowest BCUT2D eigenvalue weighted by Gasteiger charge is -2.25. The quantitative estimate of drug-likeness (QED) is 0.581. The molecule has 0 fully saturated rings. The molecule has 1 aromatic heterocycles. The Kier molecular flexibility index (Phi) is 6.18. The molecule has 0 spiro atoms. The molecule has 2 heterocycles. The third-order valence-corrected chi connectivity index (χ3v) is 8.32. The van der Waals surface area contributed by atoms with Crippen LogP contribution < -0.4 is 15.4 Å². The van der Waals surface area contributed by atoms with Gasteiger partial charge in [0.15, 0.2) is 5.13 Å². The molecule has 168 valence electrons. The second-order valence-corrected chi connectivity index (χ2v) is 10.5. The van der Waals surface area contributed by atoms with Gasteiger partial charge in [0, 0.05) is 23.5 Å². The molecule has 0 radical (unpaired) electrons. The number of nitrogens with zero attached hydrogens (tertiary/aromatic N) is 2. The summed E-state index contributed by atoms with van der Waals surface area (Å²) in [4.78, 5) is 18.0. The second kappa shape index (κ2) is 8.89. The van der Waals surface area contributed by atoms with E-state index in [1.54, 1.807) is 24.3 Å². The number of ether oxygens (including phenoxy) is 1. The summed E-state index contributed by atoms with van der Waals surface area (Å²) in [6.07, 6.45) is 0.488. The fourth-order valence-electron chi connectivity index (χ4n) is 3.46. The molecule has 32 heavy (non-hydrogen) atoms. The van der Waals surface area contributed by atoms with Crippen molar-refractivity contribution in [2.24, 2.45) is 0 Å². The van der Waals surface area contributed by atoms with Gasteiger partial charge >= 0.3 is 6.03 Å². The number of urea groups is 1. The van der Waals surface area contributed by atoms with Crippen LogP contribution in [0.2, 0.25) is 0 Å². The van der Waals surface area contributed by atoms with E-state index in [2.05, 4.69) is 15.6 Å². The standard InChI is InChI=1S/C22H24N4O4S2/c1-14-5-4-6-18(15(14)2)23-21(27)25-22-24-19-11-12-26(13-20(19)31-22)32(28,29)17-9-7-16(30-3)8-10-17/h4-10H,11-13H2,1-3H3,(H2,23,24,25,27). The maximum absolute atomic E-state index is 13.0. The third kappa shape index (κ3) is 4.47. The Balaban J connectivity index is 1.45. The Bertz CT molecular complexity index is 1250. The Morgan fingerprint density at radius 2 is 1.88 bits per heavy atom. The number of hydrogen-bond acceptors (Lipinski definition) is 6. The van der Waals surface area contributed by atoms with Crippen molar-refractivity contribution in [1.82, 2.24) is 9.29 Å². The van der Waals surface area contributed by atoms with Gasteiger partial charge in [0.1, 0.15) is 5.75 Å². The highest BCUT2D eigenvalue weighted by molar-refractivity contribution is 7.89. The van der Waals surface area contributed by atoms with Crippen molar-refractivity contribution in [3.8, 4) is 5.75 Å². The molecule has 2 N–H and O–H groups in total. The summed E-state index contributed by atoms with van der Waals surface area (Å²) in [6, 6.07) is 11.7. The SMILES string of the molecule is COc1ccc(S(=O)(=O)N2CCc3nc(NC(=O)Nc4cccc(C)c4C)sc3C2)cc1. The Labute approximate surface area is 191 Å². The summed E-state index contributed by atoms with van der Waals surface area (Å²) in [5.41, 5.74) is 3.64. The number of carbonyl (C=O) groups excluding carboxylic acids is 1. The number of aromatic nitrogens is 1. The van der Waals surface area contributed by atoms with Gasteiger partial charge in [0.25, 0.3) is 0 Å². The fourth-order valence-corrected chi connectivity index (χ4v) is 5.97. The van der Waals surface area contributed by atoms with Gasteiger partial charge in [-0.15, -0.1) is 0 Å². The van der Waals surface area contributed by atoms with Crippen LogP contribution in [0.15, 0.2) is 47.4 Å². The maximum atomic E-state index is 13.0. The van der Waals surface area contributed by atoms with E-state index in [0.29, 0.717) is 23.8 Å². The number of benzene rings is 2. The first-order valence-electron chi connectivity index (χ1n) is 10.0. The lowest BCUT2D eigenvalue weighted by molar-refractivity contribution is 0.262. The zero-order valence-electron chi connectivity index (χ0n) is 18.0. The van der Waals surface area contributed by atoms with Crippen molar-refractivity contribution >= 4 is 38.2 Å². The van der Waals surface area contributed by atoms with E-state index >= 15 is 0 Å². The van der Waals surface area contributed by atoms with Gasteiger partial charge in [-0.25, -0.2) is 18.2 Å². The van der Waals surface area contributed by atoms with E-state index in [1.165, 1.54) is 22.8 Å². The van der Waals surface area contributed by atoms with Gasteiger partial charge in [-0.1, -0.05) is 23.5 Å². The summed E-state index contributed by atoms with van der Waals surface area (Å²) >= 11 is 1.29. The molecule has 0 unspecified atom stereocenters. The van der Waals surface area contributed by atoms with Gasteiger partial charge in [-0.3, -0.25) is 5.32 Å². The molecule has 10 heteroatoms. The Morgan fingerprint density at radius 1 is 1.12 bits per heavy atom. The molecule has 0 bridgehead atoms. The first kappa shape index (κ1) is 22.3. The van der Waals surface area contributed by atoms with Crippen LogP contribution in [-0.2, 0) is 23.0 Å². The zero-order chi connectivity index (χ0) is 22.9. The fraction of sp³-hybridized carbons (Fsp3) is 0.273. The smallest absolute Gasteiger partial charge is 0.325 e. The number of thiazole rings is 1. The average Bonchev–Trinajstić information content (AvgIpc) is 3.18. The molecule has 1 aliphatic rings. The summed E-state index contributed by atoms with van der Waals surface area (Å²) in [6.45, 7) is 4.49. The molecule has 0 aliphatic carbocycles. The zero-order valence-corrected chi connectivity index (χ0v) is 19.6. The normalized spacial score (nSPS) is 14.0. The highest BCUT2D eigenvalue weighted by atomic mass is 32.2. The Hall–Kier alpha value is -2.95. The molecule has 3 aromatic rings. The first-order chi connectivity index (χ1) is 15.3. The van der Waals surface area contributed by atoms with Crippen LogP contribution in [0, 0.1) is 13.8 Å². The van der Waals surface area contributed by atoms with E-state index in [-0.39, 0.29) is 17.5 Å². The molecule has 8 nitrogen and oxygen atoms in total. The topological polar surface area (TPSA) is 101 Å². The number of methoxy groups -OCH3 is 1. The highest BCUT2D eigenvalue weighted by Crippen LogP contribution is 2.31. The summed E-state index contributed by atoms with van der Waals surface area (Å²) in [5.74, 6) is 0.599. The monoisotopic (exact) mass is 472 g/mol. The minimum absolute atomic E-state index is 0.220. The van der Waals surface area contributed by atoms with Crippen molar-refractivity contribution in [2.45, 2.75) is 31.7 Å². The molecular weight excluding hydrogens is 448 g/mol. The van der Waals surface area contributed by atoms with Gasteiger partial charge in [0.05, 0.1) is 24.2 Å². The van der Waals surface area contributed by atoms with Crippen molar-refractivity contribution < 1.29 is 17.9 Å². The van der Waals surface area contributed by atoms with Crippen LogP contribution in [0.4, 0.5) is 15.6 Å². The number of carbonyl (C=O) groups is 1. The largest absolute Gasteiger partial charge is 0.497 e. The summed E-state index contributed by atoms with van der Waals surface area (Å²) < 4.78 is 32.6. The lowest BCUT2D eigenvalue weighted by atomic mass is 10.1. The van der Waals surface area contributed by atoms with Crippen LogP contribution in [0.3, 0.4) is 0 Å². The maximum Gasteiger partial charge on any atom is 0.325 e. The number of hydrogen-bond donors (Lipinski definition) is 2. The van der Waals surface area contributed by atoms with Crippen molar-refractivity contribution in [3.63, 3.8) is 0 Å². The lowest BCUT2D eigenvalue weighted by Crippen LogP contribution is -2.35. The van der Waals surface area contributed by atoms with Gasteiger partial charge < -0.3 is 10.1 Å². The summed E-state index contributed by atoms with van der Waals surface area (Å²) in [5, 5.41) is 6.06. The molecular formula is C22H24N4O4S2. The molecule has 2 aromatic carbocycles. The van der Waals surface area contributed by atoms with Crippen LogP contribution in [0.5, 0.6) is 5.75 Å². The minimum Gasteiger partial charge on any atom is -0.497 e. The van der Waals surface area contributed by atoms with Crippen molar-refractivity contribution in [2.75, 3.05) is 24.3 Å². The van der Waals surface area contributed by atoms with Crippen molar-refractivity contribution in [3.05, 3.63) is 64.2 Å². The number of amides is 2. The summed E-state index contributed by atoms with van der Waals surface area (Å²) in [7, 11) is -2.10. The Morgan fingerprint density at radius 3 is 2.59 bits per heavy atom. The molecule has 1 aliphatic heterocycles. The van der Waals surface area contributed by atoms with Crippen LogP contribution in [0.25, 0.3) is 0 Å². The first-order valence-corrected chi connectivity index (χ1v) is 12.3. The van der Waals surface area contributed by atoms with E-state index in [9.17, 15) is 13.2 Å². The number of nitrogens with one attached hydrogen (secondary N) is 2.